The first kappa shape index (κ1) is 19.6. The van der Waals surface area contributed by atoms with E-state index in [1.165, 1.54) is 7.11 Å². The van der Waals surface area contributed by atoms with Crippen molar-refractivity contribution in [2.75, 3.05) is 19.5 Å². The van der Waals surface area contributed by atoms with Crippen LogP contribution < -0.4 is 10.1 Å². The van der Waals surface area contributed by atoms with Gasteiger partial charge in [0.15, 0.2) is 11.5 Å². The zero-order valence-electron chi connectivity index (χ0n) is 15.8. The van der Waals surface area contributed by atoms with Crippen molar-refractivity contribution in [3.8, 4) is 11.5 Å². The lowest BCUT2D eigenvalue weighted by Gasteiger charge is -2.20. The van der Waals surface area contributed by atoms with Crippen molar-refractivity contribution in [2.45, 2.75) is 16.3 Å². The SMILES string of the molecule is COc1cc(CN(C)C(=O)Nc2ccccc2Sc2ccccc2)ccc1O. The third kappa shape index (κ3) is 4.98. The number of urea groups is 1. The number of amides is 2. The van der Waals surface area contributed by atoms with Crippen LogP contribution in [0.4, 0.5) is 10.5 Å². The number of hydrogen-bond acceptors (Lipinski definition) is 4. The van der Waals surface area contributed by atoms with E-state index in [1.807, 2.05) is 54.6 Å². The van der Waals surface area contributed by atoms with Gasteiger partial charge in [0.05, 0.1) is 12.8 Å². The van der Waals surface area contributed by atoms with E-state index in [9.17, 15) is 9.90 Å². The quantitative estimate of drug-likeness (QED) is 0.602. The molecule has 3 aromatic rings. The predicted molar refractivity (Wildman–Crippen MR) is 112 cm³/mol. The van der Waals surface area contributed by atoms with E-state index in [0.29, 0.717) is 12.3 Å². The van der Waals surface area contributed by atoms with Crippen LogP contribution in [0, 0.1) is 0 Å². The van der Waals surface area contributed by atoms with Crippen LogP contribution in [0.3, 0.4) is 0 Å². The van der Waals surface area contributed by atoms with Crippen molar-refractivity contribution in [2.24, 2.45) is 0 Å². The maximum atomic E-state index is 12.7. The van der Waals surface area contributed by atoms with Gasteiger partial charge in [0, 0.05) is 23.4 Å². The molecule has 2 amide bonds. The standard InChI is InChI=1S/C22H22N2O3S/c1-24(15-16-12-13-19(25)20(14-16)27-2)22(26)23-18-10-6-7-11-21(18)28-17-8-4-3-5-9-17/h3-14,25H,15H2,1-2H3,(H,23,26). The van der Waals surface area contributed by atoms with Crippen LogP contribution in [-0.4, -0.2) is 30.2 Å². The molecule has 0 radical (unpaired) electrons. The van der Waals surface area contributed by atoms with Gasteiger partial charge >= 0.3 is 6.03 Å². The molecular weight excluding hydrogens is 372 g/mol. The largest absolute Gasteiger partial charge is 0.504 e. The first-order valence-corrected chi connectivity index (χ1v) is 9.58. The van der Waals surface area contributed by atoms with Crippen molar-refractivity contribution in [3.05, 3.63) is 78.4 Å². The van der Waals surface area contributed by atoms with E-state index >= 15 is 0 Å². The summed E-state index contributed by atoms with van der Waals surface area (Å²) in [5, 5.41) is 12.7. The van der Waals surface area contributed by atoms with E-state index in [0.717, 1.165) is 21.0 Å². The molecule has 0 aliphatic heterocycles. The van der Waals surface area contributed by atoms with Crippen LogP contribution >= 0.6 is 11.8 Å². The molecule has 0 bridgehead atoms. The summed E-state index contributed by atoms with van der Waals surface area (Å²) >= 11 is 1.60. The first-order valence-electron chi connectivity index (χ1n) is 8.77. The molecule has 0 spiro atoms. The van der Waals surface area contributed by atoms with Gasteiger partial charge in [0.2, 0.25) is 0 Å². The minimum absolute atomic E-state index is 0.0743. The smallest absolute Gasteiger partial charge is 0.321 e. The highest BCUT2D eigenvalue weighted by atomic mass is 32.2. The van der Waals surface area contributed by atoms with Crippen LogP contribution in [0.2, 0.25) is 0 Å². The Morgan fingerprint density at radius 2 is 1.79 bits per heavy atom. The first-order chi connectivity index (χ1) is 13.6. The average molecular weight is 394 g/mol. The molecule has 0 saturated carbocycles. The Kier molecular flexibility index (Phi) is 6.45. The number of methoxy groups -OCH3 is 1. The number of aromatic hydroxyl groups is 1. The Hall–Kier alpha value is -3.12. The molecule has 0 saturated heterocycles. The average Bonchev–Trinajstić information content (AvgIpc) is 2.71. The van der Waals surface area contributed by atoms with E-state index < -0.39 is 0 Å². The maximum Gasteiger partial charge on any atom is 0.321 e. The Balaban J connectivity index is 1.69. The molecule has 3 aromatic carbocycles. The highest BCUT2D eigenvalue weighted by Gasteiger charge is 2.13. The summed E-state index contributed by atoms with van der Waals surface area (Å²) in [7, 11) is 3.22. The summed E-state index contributed by atoms with van der Waals surface area (Å²) in [5.41, 5.74) is 1.62. The van der Waals surface area contributed by atoms with Crippen molar-refractivity contribution in [1.82, 2.24) is 4.90 Å². The number of carbonyl (C=O) groups is 1. The van der Waals surface area contributed by atoms with Crippen LogP contribution in [0.25, 0.3) is 0 Å². The summed E-state index contributed by atoms with van der Waals surface area (Å²) in [6, 6.07) is 22.6. The predicted octanol–water partition coefficient (Wildman–Crippen LogP) is 5.22. The van der Waals surface area contributed by atoms with Crippen LogP contribution in [-0.2, 0) is 6.54 Å². The Bertz CT molecular complexity index is 948. The number of benzene rings is 3. The van der Waals surface area contributed by atoms with Gasteiger partial charge < -0.3 is 20.1 Å². The molecule has 5 nitrogen and oxygen atoms in total. The monoisotopic (exact) mass is 394 g/mol. The van der Waals surface area contributed by atoms with Gasteiger partial charge in [0.1, 0.15) is 0 Å². The maximum absolute atomic E-state index is 12.7. The second-order valence-corrected chi connectivity index (χ2v) is 7.32. The molecule has 0 heterocycles. The summed E-state index contributed by atoms with van der Waals surface area (Å²) in [6.07, 6.45) is 0. The molecule has 0 atom stereocenters. The van der Waals surface area contributed by atoms with Gasteiger partial charge in [-0.1, -0.05) is 48.2 Å². The molecule has 2 N–H and O–H groups in total. The van der Waals surface area contributed by atoms with Gasteiger partial charge in [-0.05, 0) is 42.0 Å². The Morgan fingerprint density at radius 1 is 1.07 bits per heavy atom. The Morgan fingerprint density at radius 3 is 2.54 bits per heavy atom. The number of phenolic OH excluding ortho intramolecular Hbond substituents is 1. The number of para-hydroxylation sites is 1. The van der Waals surface area contributed by atoms with Crippen LogP contribution in [0.5, 0.6) is 11.5 Å². The fourth-order valence-electron chi connectivity index (χ4n) is 2.65. The number of hydrogen-bond donors (Lipinski definition) is 2. The minimum Gasteiger partial charge on any atom is -0.504 e. The lowest BCUT2D eigenvalue weighted by molar-refractivity contribution is 0.220. The summed E-state index contributed by atoms with van der Waals surface area (Å²) in [4.78, 5) is 16.3. The van der Waals surface area contributed by atoms with E-state index in [-0.39, 0.29) is 11.8 Å². The number of phenols is 1. The van der Waals surface area contributed by atoms with Crippen molar-refractivity contribution >= 4 is 23.5 Å². The molecular formula is C22H22N2O3S. The third-order valence-electron chi connectivity index (χ3n) is 4.11. The van der Waals surface area contributed by atoms with Crippen molar-refractivity contribution in [3.63, 3.8) is 0 Å². The molecule has 0 aliphatic carbocycles. The van der Waals surface area contributed by atoms with Crippen molar-refractivity contribution in [1.29, 1.82) is 0 Å². The zero-order chi connectivity index (χ0) is 19.9. The Labute approximate surface area is 169 Å². The topological polar surface area (TPSA) is 61.8 Å². The highest BCUT2D eigenvalue weighted by Crippen LogP contribution is 2.33. The van der Waals surface area contributed by atoms with Gasteiger partial charge in [-0.15, -0.1) is 0 Å². The molecule has 28 heavy (non-hydrogen) atoms. The number of carbonyl (C=O) groups excluding carboxylic acids is 1. The number of rotatable bonds is 6. The van der Waals surface area contributed by atoms with E-state index in [1.54, 1.807) is 41.9 Å². The summed E-state index contributed by atoms with van der Waals surface area (Å²) in [6.45, 7) is 0.385. The van der Waals surface area contributed by atoms with Gasteiger partial charge in [0.25, 0.3) is 0 Å². The van der Waals surface area contributed by atoms with Crippen molar-refractivity contribution < 1.29 is 14.6 Å². The number of anilines is 1. The molecule has 0 aromatic heterocycles. The van der Waals surface area contributed by atoms with Gasteiger partial charge in [-0.2, -0.15) is 0 Å². The third-order valence-corrected chi connectivity index (χ3v) is 5.19. The van der Waals surface area contributed by atoms with Crippen LogP contribution in [0.1, 0.15) is 5.56 Å². The van der Waals surface area contributed by atoms with Gasteiger partial charge in [-0.3, -0.25) is 0 Å². The fourth-order valence-corrected chi connectivity index (χ4v) is 3.57. The van der Waals surface area contributed by atoms with E-state index in [2.05, 4.69) is 5.32 Å². The molecule has 144 valence electrons. The van der Waals surface area contributed by atoms with E-state index in [4.69, 9.17) is 4.74 Å². The zero-order valence-corrected chi connectivity index (χ0v) is 16.6. The summed E-state index contributed by atoms with van der Waals surface area (Å²) < 4.78 is 5.12. The van der Waals surface area contributed by atoms with Gasteiger partial charge in [-0.25, -0.2) is 4.79 Å². The number of nitrogens with one attached hydrogen (secondary N) is 1. The normalized spacial score (nSPS) is 10.4. The number of ether oxygens (including phenoxy) is 1. The molecule has 0 fully saturated rings. The number of nitrogens with zero attached hydrogens (tertiary/aromatic N) is 1. The lowest BCUT2D eigenvalue weighted by atomic mass is 10.2. The summed E-state index contributed by atoms with van der Waals surface area (Å²) in [5.74, 6) is 0.459. The second-order valence-electron chi connectivity index (χ2n) is 6.20. The molecule has 0 aliphatic rings. The molecule has 0 unspecified atom stereocenters. The van der Waals surface area contributed by atoms with Crippen LogP contribution in [0.15, 0.2) is 82.6 Å². The minimum atomic E-state index is -0.215. The second kappa shape index (κ2) is 9.19. The molecule has 3 rings (SSSR count). The molecule has 6 heteroatoms. The fraction of sp³-hybridized carbons (Fsp3) is 0.136. The lowest BCUT2D eigenvalue weighted by Crippen LogP contribution is -2.31. The highest BCUT2D eigenvalue weighted by molar-refractivity contribution is 7.99.